The Labute approximate surface area is 165 Å². The van der Waals surface area contributed by atoms with E-state index in [1.54, 1.807) is 34.2 Å². The SMILES string of the molecule is CCn1c(SCN2C=C(c3cc(C)ccc3O)ON2)nnc1-c1cccs1. The van der Waals surface area contributed by atoms with E-state index in [0.717, 1.165) is 28.0 Å². The number of nitrogens with zero attached hydrogens (tertiary/aromatic N) is 4. The lowest BCUT2D eigenvalue weighted by molar-refractivity contribution is 0.0605. The van der Waals surface area contributed by atoms with Gasteiger partial charge in [-0.15, -0.1) is 21.5 Å². The first-order valence-corrected chi connectivity index (χ1v) is 10.3. The predicted molar refractivity (Wildman–Crippen MR) is 107 cm³/mol. The Balaban J connectivity index is 1.47. The number of phenols is 1. The van der Waals surface area contributed by atoms with Crippen molar-refractivity contribution in [1.29, 1.82) is 0 Å². The van der Waals surface area contributed by atoms with E-state index in [-0.39, 0.29) is 5.75 Å². The molecule has 7 nitrogen and oxygen atoms in total. The van der Waals surface area contributed by atoms with Crippen LogP contribution in [-0.4, -0.2) is 30.8 Å². The third kappa shape index (κ3) is 3.66. The molecule has 0 bridgehead atoms. The van der Waals surface area contributed by atoms with Crippen LogP contribution in [0.25, 0.3) is 16.5 Å². The smallest absolute Gasteiger partial charge is 0.193 e. The van der Waals surface area contributed by atoms with E-state index in [0.29, 0.717) is 17.2 Å². The summed E-state index contributed by atoms with van der Waals surface area (Å²) in [6, 6.07) is 9.48. The van der Waals surface area contributed by atoms with E-state index in [2.05, 4.69) is 33.3 Å². The second kappa shape index (κ2) is 7.63. The van der Waals surface area contributed by atoms with Crippen molar-refractivity contribution < 1.29 is 9.94 Å². The van der Waals surface area contributed by atoms with E-state index >= 15 is 0 Å². The molecule has 0 spiro atoms. The largest absolute Gasteiger partial charge is 0.507 e. The highest BCUT2D eigenvalue weighted by atomic mass is 32.2. The zero-order chi connectivity index (χ0) is 18.8. The summed E-state index contributed by atoms with van der Waals surface area (Å²) in [5, 5.41) is 23.4. The molecule has 0 unspecified atom stereocenters. The maximum atomic E-state index is 10.1. The second-order valence-electron chi connectivity index (χ2n) is 5.98. The van der Waals surface area contributed by atoms with Gasteiger partial charge in [0.15, 0.2) is 16.7 Å². The molecule has 4 rings (SSSR count). The highest BCUT2D eigenvalue weighted by Crippen LogP contribution is 2.31. The fraction of sp³-hybridized carbons (Fsp3) is 0.222. The summed E-state index contributed by atoms with van der Waals surface area (Å²) in [5.74, 6) is 2.24. The van der Waals surface area contributed by atoms with Gasteiger partial charge in [-0.3, -0.25) is 5.01 Å². The van der Waals surface area contributed by atoms with Crippen LogP contribution in [0, 0.1) is 6.92 Å². The van der Waals surface area contributed by atoms with Gasteiger partial charge in [-0.05, 0) is 37.4 Å². The Morgan fingerprint density at radius 2 is 2.19 bits per heavy atom. The van der Waals surface area contributed by atoms with Crippen molar-refractivity contribution in [1.82, 2.24) is 25.4 Å². The number of nitrogens with one attached hydrogen (secondary N) is 1. The van der Waals surface area contributed by atoms with E-state index in [1.165, 1.54) is 0 Å². The molecule has 0 saturated heterocycles. The number of hydrogen-bond donors (Lipinski definition) is 2. The Hall–Kier alpha value is -2.49. The summed E-state index contributed by atoms with van der Waals surface area (Å²) in [7, 11) is 0. The minimum atomic E-state index is 0.189. The zero-order valence-electron chi connectivity index (χ0n) is 14.9. The summed E-state index contributed by atoms with van der Waals surface area (Å²) in [5.41, 5.74) is 4.56. The molecule has 0 radical (unpaired) electrons. The summed E-state index contributed by atoms with van der Waals surface area (Å²) in [6.45, 7) is 4.85. The van der Waals surface area contributed by atoms with Gasteiger partial charge in [0, 0.05) is 6.54 Å². The van der Waals surface area contributed by atoms with Gasteiger partial charge in [0.2, 0.25) is 0 Å². The monoisotopic (exact) mass is 401 g/mol. The predicted octanol–water partition coefficient (Wildman–Crippen LogP) is 3.84. The van der Waals surface area contributed by atoms with Crippen molar-refractivity contribution >= 4 is 28.9 Å². The first-order chi connectivity index (χ1) is 13.2. The Kier molecular flexibility index (Phi) is 5.06. The average Bonchev–Trinajstić information content (AvgIpc) is 3.41. The number of hydrogen-bond acceptors (Lipinski definition) is 8. The number of hydrazine groups is 1. The Bertz CT molecular complexity index is 968. The number of phenolic OH excluding ortho intramolecular Hbond substituents is 1. The number of rotatable bonds is 6. The maximum absolute atomic E-state index is 10.1. The molecular formula is C18H19N5O2S2. The molecule has 2 aromatic heterocycles. The van der Waals surface area contributed by atoms with Crippen LogP contribution in [0.5, 0.6) is 5.75 Å². The number of aromatic nitrogens is 3. The number of thioether (sulfide) groups is 1. The van der Waals surface area contributed by atoms with Gasteiger partial charge >= 0.3 is 0 Å². The van der Waals surface area contributed by atoms with Crippen LogP contribution in [-0.2, 0) is 11.4 Å². The molecule has 0 fully saturated rings. The second-order valence-corrected chi connectivity index (χ2v) is 7.84. The Morgan fingerprint density at radius 1 is 1.30 bits per heavy atom. The summed E-state index contributed by atoms with van der Waals surface area (Å²) in [4.78, 5) is 6.63. The van der Waals surface area contributed by atoms with Crippen molar-refractivity contribution in [3.63, 3.8) is 0 Å². The van der Waals surface area contributed by atoms with Crippen LogP contribution in [0.3, 0.4) is 0 Å². The normalized spacial score (nSPS) is 13.7. The van der Waals surface area contributed by atoms with E-state index in [4.69, 9.17) is 4.84 Å². The van der Waals surface area contributed by atoms with Crippen molar-refractivity contribution in [3.05, 3.63) is 53.0 Å². The lowest BCUT2D eigenvalue weighted by Crippen LogP contribution is -2.27. The maximum Gasteiger partial charge on any atom is 0.193 e. The standard InChI is InChI=1S/C18H19N5O2S2/c1-3-23-17(16-5-4-8-26-16)19-20-18(23)27-11-22-10-15(25-21-22)13-9-12(2)6-7-14(13)24/h4-10,21,24H,3,11H2,1-2H3. The topological polar surface area (TPSA) is 75.4 Å². The fourth-order valence-corrected chi connectivity index (χ4v) is 4.30. The van der Waals surface area contributed by atoms with Crippen LogP contribution in [0.2, 0.25) is 0 Å². The molecule has 9 heteroatoms. The van der Waals surface area contributed by atoms with Crippen molar-refractivity contribution in [2.24, 2.45) is 0 Å². The first kappa shape index (κ1) is 17.9. The van der Waals surface area contributed by atoms with Crippen molar-refractivity contribution in [2.45, 2.75) is 25.5 Å². The van der Waals surface area contributed by atoms with Crippen molar-refractivity contribution in [2.75, 3.05) is 5.88 Å². The minimum absolute atomic E-state index is 0.189. The average molecular weight is 402 g/mol. The van der Waals surface area contributed by atoms with Crippen molar-refractivity contribution in [3.8, 4) is 16.5 Å². The molecule has 0 aliphatic carbocycles. The van der Waals surface area contributed by atoms with Gasteiger partial charge in [-0.2, -0.15) is 0 Å². The van der Waals surface area contributed by atoms with Crippen LogP contribution in [0.1, 0.15) is 18.1 Å². The first-order valence-electron chi connectivity index (χ1n) is 8.46. The van der Waals surface area contributed by atoms with E-state index in [9.17, 15) is 5.11 Å². The number of thiophene rings is 1. The molecule has 0 saturated carbocycles. The molecule has 3 aromatic rings. The highest BCUT2D eigenvalue weighted by Gasteiger charge is 2.20. The molecular weight excluding hydrogens is 382 g/mol. The molecule has 1 aliphatic rings. The fourth-order valence-electron chi connectivity index (χ4n) is 2.73. The van der Waals surface area contributed by atoms with Gasteiger partial charge in [-0.1, -0.05) is 35.0 Å². The summed E-state index contributed by atoms with van der Waals surface area (Å²) < 4.78 is 2.10. The molecule has 0 amide bonds. The number of aryl methyl sites for hydroxylation is 1. The van der Waals surface area contributed by atoms with Gasteiger partial charge in [0.25, 0.3) is 0 Å². The Morgan fingerprint density at radius 3 is 2.96 bits per heavy atom. The van der Waals surface area contributed by atoms with Gasteiger partial charge in [0.05, 0.1) is 22.5 Å². The van der Waals surface area contributed by atoms with Gasteiger partial charge in [0.1, 0.15) is 5.75 Å². The molecule has 0 atom stereocenters. The number of benzene rings is 1. The summed E-state index contributed by atoms with van der Waals surface area (Å²) in [6.07, 6.45) is 1.83. The third-order valence-electron chi connectivity index (χ3n) is 4.07. The molecule has 2 N–H and O–H groups in total. The van der Waals surface area contributed by atoms with Crippen LogP contribution in [0.15, 0.2) is 47.1 Å². The molecule has 140 valence electrons. The van der Waals surface area contributed by atoms with Crippen LogP contribution >= 0.6 is 23.1 Å². The molecule has 27 heavy (non-hydrogen) atoms. The lowest BCUT2D eigenvalue weighted by Gasteiger charge is -2.13. The zero-order valence-corrected chi connectivity index (χ0v) is 16.5. The molecule has 1 aliphatic heterocycles. The minimum Gasteiger partial charge on any atom is -0.507 e. The highest BCUT2D eigenvalue weighted by molar-refractivity contribution is 7.99. The molecule has 1 aromatic carbocycles. The van der Waals surface area contributed by atoms with Gasteiger partial charge < -0.3 is 14.5 Å². The summed E-state index contributed by atoms with van der Waals surface area (Å²) >= 11 is 3.22. The quantitative estimate of drug-likeness (QED) is 0.608. The third-order valence-corrected chi connectivity index (χ3v) is 5.90. The lowest BCUT2D eigenvalue weighted by atomic mass is 10.1. The van der Waals surface area contributed by atoms with Gasteiger partial charge in [-0.25, -0.2) is 0 Å². The number of aromatic hydroxyl groups is 1. The van der Waals surface area contributed by atoms with Crippen LogP contribution < -0.4 is 5.59 Å². The van der Waals surface area contributed by atoms with E-state index in [1.807, 2.05) is 36.7 Å². The van der Waals surface area contributed by atoms with Crippen LogP contribution in [0.4, 0.5) is 0 Å². The molecule has 3 heterocycles. The van der Waals surface area contributed by atoms with E-state index < -0.39 is 0 Å².